The second-order valence-electron chi connectivity index (χ2n) is 5.65. The minimum absolute atomic E-state index is 0.146. The fourth-order valence-electron chi connectivity index (χ4n) is 2.36. The molecule has 0 unspecified atom stereocenters. The Morgan fingerprint density at radius 1 is 1.25 bits per heavy atom. The number of nitrogens with zero attached hydrogens (tertiary/aromatic N) is 1. The number of aliphatic hydroxyl groups is 2. The Labute approximate surface area is 145 Å². The van der Waals surface area contributed by atoms with E-state index in [0.29, 0.717) is 19.6 Å². The van der Waals surface area contributed by atoms with E-state index in [1.807, 2.05) is 24.3 Å². The molecule has 0 saturated carbocycles. The van der Waals surface area contributed by atoms with Gasteiger partial charge >= 0.3 is 0 Å². The molecule has 0 aromatic heterocycles. The Hall–Kier alpha value is -1.72. The van der Waals surface area contributed by atoms with Crippen molar-refractivity contribution in [3.63, 3.8) is 0 Å². The van der Waals surface area contributed by atoms with Gasteiger partial charge in [-0.3, -0.25) is 4.90 Å². The minimum Gasteiger partial charge on any atom is -0.396 e. The van der Waals surface area contributed by atoms with E-state index in [1.165, 1.54) is 5.56 Å². The van der Waals surface area contributed by atoms with Crippen molar-refractivity contribution >= 4 is 0 Å². The van der Waals surface area contributed by atoms with E-state index in [-0.39, 0.29) is 13.2 Å². The monoisotopic (exact) mass is 331 g/mol. The Morgan fingerprint density at radius 2 is 2.00 bits per heavy atom. The molecule has 132 valence electrons. The van der Waals surface area contributed by atoms with Crippen LogP contribution >= 0.6 is 0 Å². The van der Waals surface area contributed by atoms with Crippen molar-refractivity contribution in [1.29, 1.82) is 0 Å². The molecule has 4 nitrogen and oxygen atoms in total. The summed E-state index contributed by atoms with van der Waals surface area (Å²) in [6.45, 7) is 10.1. The van der Waals surface area contributed by atoms with Crippen molar-refractivity contribution in [3.8, 4) is 0 Å². The molecule has 0 spiro atoms. The van der Waals surface area contributed by atoms with Gasteiger partial charge in [-0.25, -0.2) is 0 Å². The second-order valence-corrected chi connectivity index (χ2v) is 5.65. The molecule has 0 aliphatic rings. The maximum absolute atomic E-state index is 10.2. The van der Waals surface area contributed by atoms with Gasteiger partial charge in [0, 0.05) is 26.2 Å². The zero-order chi connectivity index (χ0) is 17.6. The van der Waals surface area contributed by atoms with E-state index in [4.69, 9.17) is 9.84 Å². The Balaban J connectivity index is 2.45. The Kier molecular flexibility index (Phi) is 10.7. The molecule has 0 aliphatic heterocycles. The van der Waals surface area contributed by atoms with Gasteiger partial charge in [0.15, 0.2) is 0 Å². The van der Waals surface area contributed by atoms with Gasteiger partial charge in [-0.05, 0) is 17.6 Å². The lowest BCUT2D eigenvalue weighted by Gasteiger charge is -2.25. The third kappa shape index (κ3) is 8.79. The smallest absolute Gasteiger partial charge is 0.0900 e. The molecule has 0 bridgehead atoms. The molecule has 1 aromatic carbocycles. The van der Waals surface area contributed by atoms with Crippen LogP contribution in [0.25, 0.3) is 0 Å². The molecule has 1 atom stereocenters. The summed E-state index contributed by atoms with van der Waals surface area (Å²) in [4.78, 5) is 2.13. The van der Waals surface area contributed by atoms with Crippen molar-refractivity contribution in [2.45, 2.75) is 19.1 Å². The minimum atomic E-state index is -0.581. The summed E-state index contributed by atoms with van der Waals surface area (Å²) in [7, 11) is 0. The molecular formula is C20H29NO3. The fourth-order valence-corrected chi connectivity index (χ4v) is 2.36. The molecule has 1 rings (SSSR count). The molecule has 1 aromatic rings. The highest BCUT2D eigenvalue weighted by Crippen LogP contribution is 2.07. The van der Waals surface area contributed by atoms with Gasteiger partial charge < -0.3 is 14.9 Å². The first-order chi connectivity index (χ1) is 11.7. The number of rotatable bonds is 13. The molecular weight excluding hydrogens is 302 g/mol. The number of allylic oxidation sites excluding steroid dienone is 2. The molecule has 0 heterocycles. The van der Waals surface area contributed by atoms with Crippen LogP contribution in [-0.4, -0.2) is 54.1 Å². The summed E-state index contributed by atoms with van der Waals surface area (Å²) >= 11 is 0. The summed E-state index contributed by atoms with van der Waals surface area (Å²) in [5, 5.41) is 19.3. The molecule has 24 heavy (non-hydrogen) atoms. The zero-order valence-electron chi connectivity index (χ0n) is 14.3. The fraction of sp³-hybridized carbons (Fsp3) is 0.400. The Morgan fingerprint density at radius 3 is 2.62 bits per heavy atom. The van der Waals surface area contributed by atoms with Crippen molar-refractivity contribution in [2.24, 2.45) is 0 Å². The van der Waals surface area contributed by atoms with E-state index in [1.54, 1.807) is 12.2 Å². The van der Waals surface area contributed by atoms with Gasteiger partial charge in [-0.2, -0.15) is 0 Å². The zero-order valence-corrected chi connectivity index (χ0v) is 14.3. The van der Waals surface area contributed by atoms with Crippen LogP contribution in [0.1, 0.15) is 12.0 Å². The Bertz CT molecular complexity index is 499. The number of aliphatic hydroxyl groups excluding tert-OH is 2. The SMILES string of the molecule is C=C/C=C(\C=C)COC[C@@H](O)CN(CCCO)Cc1ccccc1. The van der Waals surface area contributed by atoms with Crippen LogP contribution in [0.2, 0.25) is 0 Å². The van der Waals surface area contributed by atoms with E-state index in [0.717, 1.165) is 18.7 Å². The average molecular weight is 331 g/mol. The van der Waals surface area contributed by atoms with Crippen LogP contribution in [0.5, 0.6) is 0 Å². The van der Waals surface area contributed by atoms with E-state index >= 15 is 0 Å². The number of hydrogen-bond donors (Lipinski definition) is 2. The van der Waals surface area contributed by atoms with Crippen molar-refractivity contribution in [1.82, 2.24) is 4.90 Å². The first-order valence-corrected chi connectivity index (χ1v) is 8.26. The maximum Gasteiger partial charge on any atom is 0.0900 e. The van der Waals surface area contributed by atoms with Crippen LogP contribution in [-0.2, 0) is 11.3 Å². The highest BCUT2D eigenvalue weighted by Gasteiger charge is 2.12. The molecule has 0 aliphatic carbocycles. The van der Waals surface area contributed by atoms with Crippen molar-refractivity contribution in [3.05, 3.63) is 72.9 Å². The highest BCUT2D eigenvalue weighted by molar-refractivity contribution is 5.21. The first-order valence-electron chi connectivity index (χ1n) is 8.26. The van der Waals surface area contributed by atoms with Crippen LogP contribution in [0, 0.1) is 0 Å². The number of hydrogen-bond acceptors (Lipinski definition) is 4. The lowest BCUT2D eigenvalue weighted by Crippen LogP contribution is -2.35. The predicted octanol–water partition coefficient (Wildman–Crippen LogP) is 2.55. The topological polar surface area (TPSA) is 52.9 Å². The average Bonchev–Trinajstić information content (AvgIpc) is 2.59. The van der Waals surface area contributed by atoms with Crippen LogP contribution in [0.15, 0.2) is 67.3 Å². The van der Waals surface area contributed by atoms with Crippen molar-refractivity contribution < 1.29 is 14.9 Å². The predicted molar refractivity (Wildman–Crippen MR) is 98.7 cm³/mol. The maximum atomic E-state index is 10.2. The quantitative estimate of drug-likeness (QED) is 0.546. The van der Waals surface area contributed by atoms with Gasteiger partial charge in [-0.1, -0.05) is 61.7 Å². The second kappa shape index (κ2) is 12.7. The molecule has 0 radical (unpaired) electrons. The summed E-state index contributed by atoms with van der Waals surface area (Å²) < 4.78 is 5.54. The summed E-state index contributed by atoms with van der Waals surface area (Å²) in [6.07, 6.45) is 5.35. The first kappa shape index (κ1) is 20.3. The highest BCUT2D eigenvalue weighted by atomic mass is 16.5. The van der Waals surface area contributed by atoms with Crippen LogP contribution < -0.4 is 0 Å². The van der Waals surface area contributed by atoms with E-state index < -0.39 is 6.10 Å². The van der Waals surface area contributed by atoms with Gasteiger partial charge in [-0.15, -0.1) is 0 Å². The van der Waals surface area contributed by atoms with Gasteiger partial charge in [0.25, 0.3) is 0 Å². The van der Waals surface area contributed by atoms with Crippen LogP contribution in [0.4, 0.5) is 0 Å². The van der Waals surface area contributed by atoms with Gasteiger partial charge in [0.05, 0.1) is 19.3 Å². The third-order valence-corrected chi connectivity index (χ3v) is 3.52. The van der Waals surface area contributed by atoms with E-state index in [9.17, 15) is 5.11 Å². The van der Waals surface area contributed by atoms with Crippen LogP contribution in [0.3, 0.4) is 0 Å². The molecule has 0 fully saturated rings. The molecule has 0 saturated heterocycles. The lowest BCUT2D eigenvalue weighted by molar-refractivity contribution is 0.0221. The summed E-state index contributed by atoms with van der Waals surface area (Å²) in [6, 6.07) is 10.1. The van der Waals surface area contributed by atoms with Crippen molar-refractivity contribution in [2.75, 3.05) is 32.9 Å². The standard InChI is InChI=1S/C20H29NO3/c1-3-9-18(4-2)16-24-17-20(23)15-21(12-8-13-22)14-19-10-6-5-7-11-19/h3-7,9-11,20,22-23H,1-2,8,12-17H2/b18-9+/t20-/m0/s1. The molecule has 2 N–H and O–H groups in total. The van der Waals surface area contributed by atoms with Gasteiger partial charge in [0.2, 0.25) is 0 Å². The van der Waals surface area contributed by atoms with E-state index in [2.05, 4.69) is 30.2 Å². The third-order valence-electron chi connectivity index (χ3n) is 3.52. The molecule has 0 amide bonds. The summed E-state index contributed by atoms with van der Waals surface area (Å²) in [5.41, 5.74) is 2.12. The number of ether oxygens (including phenoxy) is 1. The normalized spacial score (nSPS) is 13.0. The summed E-state index contributed by atoms with van der Waals surface area (Å²) in [5.74, 6) is 0. The molecule has 4 heteroatoms. The van der Waals surface area contributed by atoms with Gasteiger partial charge in [0.1, 0.15) is 0 Å². The lowest BCUT2D eigenvalue weighted by atomic mass is 10.2. The number of benzene rings is 1. The largest absolute Gasteiger partial charge is 0.396 e.